The van der Waals surface area contributed by atoms with E-state index in [-0.39, 0.29) is 10.8 Å². The minimum Gasteiger partial charge on any atom is -0.367 e. The maximum Gasteiger partial charge on any atom is 0.256 e. The third-order valence-corrected chi connectivity index (χ3v) is 8.23. The molecule has 0 radical (unpaired) electrons. The highest BCUT2D eigenvalue weighted by Crippen LogP contribution is 2.31. The van der Waals surface area contributed by atoms with E-state index in [1.807, 2.05) is 25.3 Å². The summed E-state index contributed by atoms with van der Waals surface area (Å²) in [6, 6.07) is 6.83. The molecule has 1 aliphatic rings. The second-order valence-electron chi connectivity index (χ2n) is 7.16. The predicted molar refractivity (Wildman–Crippen MR) is 123 cm³/mol. The maximum atomic E-state index is 13.0. The number of thiophene rings is 1. The zero-order valence-corrected chi connectivity index (χ0v) is 19.4. The SMILES string of the molecule is CCN1CCN(c2ccc(S(=O)(=O)N(CC)CC)cc2NC(=O)c2ccsc2)CC1. The number of carbonyl (C=O) groups excluding carboxylic acids is 1. The van der Waals surface area contributed by atoms with Gasteiger partial charge in [-0.2, -0.15) is 15.6 Å². The molecule has 3 rings (SSSR count). The molecule has 2 aromatic rings. The Morgan fingerprint density at radius 3 is 2.37 bits per heavy atom. The topological polar surface area (TPSA) is 73.0 Å². The minimum absolute atomic E-state index is 0.197. The summed E-state index contributed by atoms with van der Waals surface area (Å²) in [5.74, 6) is -0.234. The molecule has 1 saturated heterocycles. The van der Waals surface area contributed by atoms with Crippen LogP contribution in [0.15, 0.2) is 39.9 Å². The molecular formula is C21H30N4O3S2. The third-order valence-electron chi connectivity index (χ3n) is 5.50. The van der Waals surface area contributed by atoms with E-state index in [0.717, 1.165) is 38.4 Å². The van der Waals surface area contributed by atoms with Gasteiger partial charge in [-0.1, -0.05) is 20.8 Å². The van der Waals surface area contributed by atoms with E-state index in [1.165, 1.54) is 15.6 Å². The maximum absolute atomic E-state index is 13.0. The number of hydrogen-bond acceptors (Lipinski definition) is 6. The van der Waals surface area contributed by atoms with Gasteiger partial charge in [-0.25, -0.2) is 8.42 Å². The number of likely N-dealkylation sites (N-methyl/N-ethyl adjacent to an activating group) is 1. The van der Waals surface area contributed by atoms with Crippen molar-refractivity contribution in [3.8, 4) is 0 Å². The normalized spacial score (nSPS) is 15.5. The largest absolute Gasteiger partial charge is 0.367 e. The Labute approximate surface area is 183 Å². The molecule has 7 nitrogen and oxygen atoms in total. The van der Waals surface area contributed by atoms with Gasteiger partial charge >= 0.3 is 0 Å². The Balaban J connectivity index is 1.96. The summed E-state index contributed by atoms with van der Waals surface area (Å²) in [6.45, 7) is 11.1. The molecule has 0 aliphatic carbocycles. The van der Waals surface area contributed by atoms with Crippen LogP contribution in [0.1, 0.15) is 31.1 Å². The van der Waals surface area contributed by atoms with Crippen molar-refractivity contribution in [2.24, 2.45) is 0 Å². The Bertz CT molecular complexity index is 949. The smallest absolute Gasteiger partial charge is 0.256 e. The summed E-state index contributed by atoms with van der Waals surface area (Å²) in [7, 11) is -3.62. The number of piperazine rings is 1. The number of anilines is 2. The molecule has 0 spiro atoms. The molecule has 30 heavy (non-hydrogen) atoms. The molecule has 164 valence electrons. The van der Waals surface area contributed by atoms with Gasteiger partial charge in [0, 0.05) is 44.6 Å². The first-order valence-electron chi connectivity index (χ1n) is 10.4. The molecule has 1 aromatic carbocycles. The second kappa shape index (κ2) is 9.91. The van der Waals surface area contributed by atoms with Gasteiger partial charge < -0.3 is 15.1 Å². The summed E-state index contributed by atoms with van der Waals surface area (Å²) < 4.78 is 27.5. The Morgan fingerprint density at radius 2 is 1.80 bits per heavy atom. The van der Waals surface area contributed by atoms with Crippen LogP contribution in [-0.2, 0) is 10.0 Å². The van der Waals surface area contributed by atoms with Crippen LogP contribution >= 0.6 is 11.3 Å². The predicted octanol–water partition coefficient (Wildman–Crippen LogP) is 3.17. The second-order valence-corrected chi connectivity index (χ2v) is 9.87. The quantitative estimate of drug-likeness (QED) is 0.669. The first-order chi connectivity index (χ1) is 14.4. The van der Waals surface area contributed by atoms with Gasteiger partial charge in [0.2, 0.25) is 10.0 Å². The molecular weight excluding hydrogens is 420 g/mol. The van der Waals surface area contributed by atoms with Gasteiger partial charge in [0.15, 0.2) is 0 Å². The summed E-state index contributed by atoms with van der Waals surface area (Å²) in [4.78, 5) is 17.5. The van der Waals surface area contributed by atoms with Crippen molar-refractivity contribution in [3.05, 3.63) is 40.6 Å². The van der Waals surface area contributed by atoms with Gasteiger partial charge in [0.25, 0.3) is 5.91 Å². The van der Waals surface area contributed by atoms with E-state index >= 15 is 0 Å². The lowest BCUT2D eigenvalue weighted by Crippen LogP contribution is -2.46. The van der Waals surface area contributed by atoms with E-state index in [2.05, 4.69) is 22.0 Å². The van der Waals surface area contributed by atoms with Crippen molar-refractivity contribution >= 4 is 38.6 Å². The fourth-order valence-electron chi connectivity index (χ4n) is 3.66. The van der Waals surface area contributed by atoms with Crippen molar-refractivity contribution in [1.82, 2.24) is 9.21 Å². The summed E-state index contributed by atoms with van der Waals surface area (Å²) in [5, 5.41) is 6.58. The van der Waals surface area contributed by atoms with Crippen LogP contribution in [0.25, 0.3) is 0 Å². The molecule has 1 amide bonds. The zero-order chi connectivity index (χ0) is 21.7. The van der Waals surface area contributed by atoms with Crippen molar-refractivity contribution < 1.29 is 13.2 Å². The van der Waals surface area contributed by atoms with E-state index in [9.17, 15) is 13.2 Å². The van der Waals surface area contributed by atoms with Gasteiger partial charge in [-0.15, -0.1) is 0 Å². The fourth-order valence-corrected chi connectivity index (χ4v) is 5.78. The summed E-state index contributed by atoms with van der Waals surface area (Å²) in [6.07, 6.45) is 0. The molecule has 1 aromatic heterocycles. The molecule has 0 unspecified atom stereocenters. The number of rotatable bonds is 8. The number of amides is 1. The lowest BCUT2D eigenvalue weighted by atomic mass is 10.2. The lowest BCUT2D eigenvalue weighted by Gasteiger charge is -2.36. The standard InChI is InChI=1S/C21H30N4O3S2/c1-4-23-10-12-24(13-11-23)20-8-7-18(30(27,28)25(5-2)6-3)15-19(20)22-21(26)17-9-14-29-16-17/h7-9,14-16H,4-6,10-13H2,1-3H3,(H,22,26). The number of benzene rings is 1. The van der Waals surface area contributed by atoms with Crippen molar-refractivity contribution in [3.63, 3.8) is 0 Å². The van der Waals surface area contributed by atoms with E-state index in [4.69, 9.17) is 0 Å². The number of nitrogens with zero attached hydrogens (tertiary/aromatic N) is 3. The number of nitrogens with one attached hydrogen (secondary N) is 1. The highest BCUT2D eigenvalue weighted by molar-refractivity contribution is 7.89. The summed E-state index contributed by atoms with van der Waals surface area (Å²) >= 11 is 1.45. The third kappa shape index (κ3) is 4.85. The van der Waals surface area contributed by atoms with Crippen LogP contribution in [0.3, 0.4) is 0 Å². The van der Waals surface area contributed by atoms with Gasteiger partial charge in [0.05, 0.1) is 21.8 Å². The van der Waals surface area contributed by atoms with Crippen LogP contribution < -0.4 is 10.2 Å². The number of sulfonamides is 1. The van der Waals surface area contributed by atoms with Crippen LogP contribution in [0.4, 0.5) is 11.4 Å². The highest BCUT2D eigenvalue weighted by Gasteiger charge is 2.25. The first kappa shape index (κ1) is 22.7. The van der Waals surface area contributed by atoms with Crippen molar-refractivity contribution in [1.29, 1.82) is 0 Å². The van der Waals surface area contributed by atoms with E-state index < -0.39 is 10.0 Å². The summed E-state index contributed by atoms with van der Waals surface area (Å²) in [5.41, 5.74) is 1.95. The minimum atomic E-state index is -3.62. The van der Waals surface area contributed by atoms with Gasteiger partial charge in [-0.3, -0.25) is 4.79 Å². The average molecular weight is 451 g/mol. The van der Waals surface area contributed by atoms with Gasteiger partial charge in [0.1, 0.15) is 0 Å². The van der Waals surface area contributed by atoms with E-state index in [0.29, 0.717) is 24.3 Å². The first-order valence-corrected chi connectivity index (χ1v) is 12.7. The molecule has 1 N–H and O–H groups in total. The molecule has 1 fully saturated rings. The van der Waals surface area contributed by atoms with Crippen molar-refractivity contribution in [2.45, 2.75) is 25.7 Å². The molecule has 0 bridgehead atoms. The van der Waals surface area contributed by atoms with Crippen LogP contribution in [0.5, 0.6) is 0 Å². The van der Waals surface area contributed by atoms with Crippen molar-refractivity contribution in [2.75, 3.05) is 56.0 Å². The highest BCUT2D eigenvalue weighted by atomic mass is 32.2. The van der Waals surface area contributed by atoms with Crippen LogP contribution in [0, 0.1) is 0 Å². The Morgan fingerprint density at radius 1 is 1.10 bits per heavy atom. The van der Waals surface area contributed by atoms with Crippen LogP contribution in [0.2, 0.25) is 0 Å². The monoisotopic (exact) mass is 450 g/mol. The number of hydrogen-bond donors (Lipinski definition) is 1. The Kier molecular flexibility index (Phi) is 7.51. The molecule has 2 heterocycles. The zero-order valence-electron chi connectivity index (χ0n) is 17.8. The fraction of sp³-hybridized carbons (Fsp3) is 0.476. The lowest BCUT2D eigenvalue weighted by molar-refractivity contribution is 0.102. The Hall–Kier alpha value is -1.94. The molecule has 1 aliphatic heterocycles. The average Bonchev–Trinajstić information content (AvgIpc) is 3.29. The molecule has 0 atom stereocenters. The number of carbonyl (C=O) groups is 1. The van der Waals surface area contributed by atoms with Crippen LogP contribution in [-0.4, -0.2) is 69.3 Å². The van der Waals surface area contributed by atoms with E-state index in [1.54, 1.807) is 23.6 Å². The van der Waals surface area contributed by atoms with Gasteiger partial charge in [-0.05, 0) is 36.2 Å². The molecule has 0 saturated carbocycles. The molecule has 9 heteroatoms.